The van der Waals surface area contributed by atoms with E-state index >= 15 is 0 Å². The standard InChI is InChI=1S/C21H21ClN4O3S2/c1-14-6-5-11-26(13-14)31(28,29)18-12-16(9-10-17(18)22)20(27)24-21-23-19(25-30-21)15-7-3-2-4-8-15/h2-4,7-10,12,14H,5-6,11,13H2,1H3,(H,23,24,25,27). The van der Waals surface area contributed by atoms with Crippen molar-refractivity contribution in [1.29, 1.82) is 0 Å². The Bertz CT molecular complexity index is 1200. The van der Waals surface area contributed by atoms with Crippen LogP contribution in [-0.2, 0) is 10.0 Å². The molecular formula is C21H21ClN4O3S2. The molecule has 1 aliphatic heterocycles. The number of amides is 1. The van der Waals surface area contributed by atoms with E-state index in [0.29, 0.717) is 24.0 Å². The highest BCUT2D eigenvalue weighted by Gasteiger charge is 2.31. The Labute approximate surface area is 190 Å². The van der Waals surface area contributed by atoms with Crippen molar-refractivity contribution in [3.63, 3.8) is 0 Å². The highest BCUT2D eigenvalue weighted by atomic mass is 35.5. The van der Waals surface area contributed by atoms with E-state index in [1.54, 1.807) is 0 Å². The van der Waals surface area contributed by atoms with Gasteiger partial charge in [0.15, 0.2) is 5.82 Å². The minimum Gasteiger partial charge on any atom is -0.297 e. The van der Waals surface area contributed by atoms with Gasteiger partial charge in [0.2, 0.25) is 15.2 Å². The quantitative estimate of drug-likeness (QED) is 0.584. The molecule has 1 amide bonds. The maximum atomic E-state index is 13.1. The van der Waals surface area contributed by atoms with Crippen molar-refractivity contribution in [2.24, 2.45) is 5.92 Å². The van der Waals surface area contributed by atoms with Crippen molar-refractivity contribution in [3.8, 4) is 11.4 Å². The lowest BCUT2D eigenvalue weighted by molar-refractivity contribution is 0.102. The molecule has 1 unspecified atom stereocenters. The number of carbonyl (C=O) groups is 1. The predicted octanol–water partition coefficient (Wildman–Crippen LogP) is 4.53. The maximum Gasteiger partial charge on any atom is 0.257 e. The van der Waals surface area contributed by atoms with Crippen LogP contribution in [0.2, 0.25) is 5.02 Å². The third-order valence-corrected chi connectivity index (χ3v) is 8.09. The summed E-state index contributed by atoms with van der Waals surface area (Å²) in [4.78, 5) is 17.0. The molecule has 10 heteroatoms. The summed E-state index contributed by atoms with van der Waals surface area (Å²) in [6.07, 6.45) is 1.80. The van der Waals surface area contributed by atoms with E-state index in [1.807, 2.05) is 37.3 Å². The highest BCUT2D eigenvalue weighted by molar-refractivity contribution is 7.89. The van der Waals surface area contributed by atoms with E-state index in [1.165, 1.54) is 22.5 Å². The molecule has 162 valence electrons. The van der Waals surface area contributed by atoms with Crippen LogP contribution >= 0.6 is 23.1 Å². The lowest BCUT2D eigenvalue weighted by Gasteiger charge is -2.30. The first-order valence-electron chi connectivity index (χ1n) is 9.85. The van der Waals surface area contributed by atoms with Gasteiger partial charge in [0.1, 0.15) is 4.90 Å². The lowest BCUT2D eigenvalue weighted by Crippen LogP contribution is -2.39. The van der Waals surface area contributed by atoms with Crippen LogP contribution in [0.5, 0.6) is 0 Å². The summed E-state index contributed by atoms with van der Waals surface area (Å²) in [5, 5.41) is 3.11. The molecule has 3 aromatic rings. The van der Waals surface area contributed by atoms with Gasteiger partial charge in [-0.1, -0.05) is 48.9 Å². The number of carbonyl (C=O) groups excluding carboxylic acids is 1. The summed E-state index contributed by atoms with van der Waals surface area (Å²) < 4.78 is 32.0. The first-order chi connectivity index (χ1) is 14.8. The topological polar surface area (TPSA) is 92.3 Å². The summed E-state index contributed by atoms with van der Waals surface area (Å²) >= 11 is 7.27. The van der Waals surface area contributed by atoms with Gasteiger partial charge in [0, 0.05) is 35.7 Å². The Morgan fingerprint density at radius 1 is 1.23 bits per heavy atom. The third-order valence-electron chi connectivity index (χ3n) is 5.11. The summed E-state index contributed by atoms with van der Waals surface area (Å²) in [5.74, 6) is 0.320. The fraction of sp³-hybridized carbons (Fsp3) is 0.286. The van der Waals surface area contributed by atoms with E-state index < -0.39 is 15.9 Å². The Kier molecular flexibility index (Phi) is 6.38. The highest BCUT2D eigenvalue weighted by Crippen LogP contribution is 2.29. The number of anilines is 1. The van der Waals surface area contributed by atoms with Crippen LogP contribution in [0.4, 0.5) is 5.13 Å². The van der Waals surface area contributed by atoms with Gasteiger partial charge < -0.3 is 0 Å². The second-order valence-corrected chi connectivity index (χ2v) is 10.6. The fourth-order valence-electron chi connectivity index (χ4n) is 3.49. The Hall–Kier alpha value is -2.33. The van der Waals surface area contributed by atoms with Crippen LogP contribution in [0, 0.1) is 5.92 Å². The number of benzene rings is 2. The van der Waals surface area contributed by atoms with Crippen LogP contribution in [0.15, 0.2) is 53.4 Å². The second-order valence-electron chi connectivity index (χ2n) is 7.50. The molecule has 0 bridgehead atoms. The molecule has 1 saturated heterocycles. The van der Waals surface area contributed by atoms with Crippen LogP contribution in [0.3, 0.4) is 0 Å². The zero-order valence-corrected chi connectivity index (χ0v) is 19.2. The first-order valence-corrected chi connectivity index (χ1v) is 12.4. The fourth-order valence-corrected chi connectivity index (χ4v) is 6.18. The first kappa shape index (κ1) is 21.9. The predicted molar refractivity (Wildman–Crippen MR) is 122 cm³/mol. The minimum absolute atomic E-state index is 0.0573. The average molecular weight is 477 g/mol. The van der Waals surface area contributed by atoms with Crippen LogP contribution in [-0.4, -0.2) is 41.1 Å². The zero-order valence-electron chi connectivity index (χ0n) is 16.8. The number of nitrogens with zero attached hydrogens (tertiary/aromatic N) is 3. The molecule has 4 rings (SSSR count). The number of halogens is 1. The largest absolute Gasteiger partial charge is 0.297 e. The van der Waals surface area contributed by atoms with E-state index in [0.717, 1.165) is 29.9 Å². The van der Waals surface area contributed by atoms with E-state index in [9.17, 15) is 13.2 Å². The molecule has 1 N–H and O–H groups in total. The molecule has 0 spiro atoms. The van der Waals surface area contributed by atoms with Crippen molar-refractivity contribution in [2.45, 2.75) is 24.7 Å². The number of rotatable bonds is 5. The van der Waals surface area contributed by atoms with Gasteiger partial charge in [-0.15, -0.1) is 0 Å². The van der Waals surface area contributed by atoms with Gasteiger partial charge in [0.25, 0.3) is 5.91 Å². The number of sulfonamides is 1. The number of nitrogens with one attached hydrogen (secondary N) is 1. The average Bonchev–Trinajstić information content (AvgIpc) is 3.23. The van der Waals surface area contributed by atoms with Gasteiger partial charge in [-0.3, -0.25) is 10.1 Å². The number of hydrogen-bond donors (Lipinski definition) is 1. The molecule has 0 saturated carbocycles. The summed E-state index contributed by atoms with van der Waals surface area (Å²) in [6, 6.07) is 13.7. The van der Waals surface area contributed by atoms with Gasteiger partial charge in [-0.25, -0.2) is 8.42 Å². The zero-order chi connectivity index (χ0) is 22.0. The minimum atomic E-state index is -3.79. The van der Waals surface area contributed by atoms with Gasteiger partial charge >= 0.3 is 0 Å². The van der Waals surface area contributed by atoms with E-state index in [2.05, 4.69) is 14.7 Å². The molecule has 1 aliphatic rings. The monoisotopic (exact) mass is 476 g/mol. The number of aromatic nitrogens is 2. The van der Waals surface area contributed by atoms with Gasteiger partial charge in [-0.2, -0.15) is 13.7 Å². The van der Waals surface area contributed by atoms with Crippen LogP contribution < -0.4 is 5.32 Å². The second kappa shape index (κ2) is 9.04. The molecular weight excluding hydrogens is 456 g/mol. The molecule has 7 nitrogen and oxygen atoms in total. The maximum absolute atomic E-state index is 13.1. The smallest absolute Gasteiger partial charge is 0.257 e. The lowest BCUT2D eigenvalue weighted by atomic mass is 10.0. The summed E-state index contributed by atoms with van der Waals surface area (Å²) in [5.41, 5.74) is 1.03. The van der Waals surface area contributed by atoms with Crippen molar-refractivity contribution >= 4 is 44.2 Å². The molecule has 0 aliphatic carbocycles. The van der Waals surface area contributed by atoms with Crippen molar-refractivity contribution in [3.05, 3.63) is 59.1 Å². The number of piperidine rings is 1. The van der Waals surface area contributed by atoms with E-state index in [4.69, 9.17) is 11.6 Å². The van der Waals surface area contributed by atoms with Crippen LogP contribution in [0.25, 0.3) is 11.4 Å². The van der Waals surface area contributed by atoms with Crippen LogP contribution in [0.1, 0.15) is 30.1 Å². The number of hydrogen-bond acceptors (Lipinski definition) is 6. The van der Waals surface area contributed by atoms with Crippen molar-refractivity contribution in [1.82, 2.24) is 13.7 Å². The Morgan fingerprint density at radius 3 is 2.74 bits per heavy atom. The SMILES string of the molecule is CC1CCCN(S(=O)(=O)c2cc(C(=O)Nc3nc(-c4ccccc4)ns3)ccc2Cl)C1. The third kappa shape index (κ3) is 4.79. The molecule has 1 fully saturated rings. The summed E-state index contributed by atoms with van der Waals surface area (Å²) in [7, 11) is -3.79. The molecule has 1 aromatic heterocycles. The normalized spacial score (nSPS) is 17.4. The Morgan fingerprint density at radius 2 is 2.00 bits per heavy atom. The Balaban J connectivity index is 1.55. The van der Waals surface area contributed by atoms with Crippen molar-refractivity contribution < 1.29 is 13.2 Å². The van der Waals surface area contributed by atoms with Crippen molar-refractivity contribution in [2.75, 3.05) is 18.4 Å². The van der Waals surface area contributed by atoms with Gasteiger partial charge in [0.05, 0.1) is 5.02 Å². The molecule has 31 heavy (non-hydrogen) atoms. The molecule has 2 aromatic carbocycles. The van der Waals surface area contributed by atoms with E-state index in [-0.39, 0.29) is 21.4 Å². The molecule has 0 radical (unpaired) electrons. The summed E-state index contributed by atoms with van der Waals surface area (Å²) in [6.45, 7) is 2.92. The van der Waals surface area contributed by atoms with Gasteiger partial charge in [-0.05, 0) is 37.0 Å². The molecule has 2 heterocycles. The molecule has 1 atom stereocenters.